The molecule has 0 aromatic heterocycles. The Labute approximate surface area is 128 Å². The lowest BCUT2D eigenvalue weighted by molar-refractivity contribution is -0.144. The number of carbonyl (C=O) groups is 2. The molecule has 0 aliphatic carbocycles. The summed E-state index contributed by atoms with van der Waals surface area (Å²) in [6.45, 7) is 4.34. The van der Waals surface area contributed by atoms with Gasteiger partial charge in [-0.25, -0.2) is 0 Å². The fraction of sp³-hybridized carbons (Fsp3) is 0.500. The van der Waals surface area contributed by atoms with Crippen LogP contribution in [0.5, 0.6) is 0 Å². The maximum atomic E-state index is 12.4. The number of hydrogen-bond donors (Lipinski definition) is 0. The standard InChI is InChI=1S/C16H20BrNO2/c1-16(2)9-8-14(19)11-18(16)15(20)7-6-12-4-3-5-13(17)10-12/h3-5,10H,6-9,11H2,1-2H3. The zero-order chi connectivity index (χ0) is 14.8. The molecule has 1 amide bonds. The van der Waals surface area contributed by atoms with Crippen molar-refractivity contribution in [2.24, 2.45) is 0 Å². The molecule has 0 radical (unpaired) electrons. The van der Waals surface area contributed by atoms with Crippen molar-refractivity contribution >= 4 is 27.6 Å². The van der Waals surface area contributed by atoms with Crippen molar-refractivity contribution in [3.8, 4) is 0 Å². The van der Waals surface area contributed by atoms with Crippen LogP contribution in [0.25, 0.3) is 0 Å². The quantitative estimate of drug-likeness (QED) is 0.848. The Bertz CT molecular complexity index is 525. The third-order valence-electron chi connectivity index (χ3n) is 3.90. The minimum atomic E-state index is -0.206. The first-order valence-electron chi connectivity index (χ1n) is 6.95. The molecule has 1 aromatic carbocycles. The second kappa shape index (κ2) is 6.08. The van der Waals surface area contributed by atoms with Gasteiger partial charge in [0.2, 0.25) is 5.91 Å². The maximum Gasteiger partial charge on any atom is 0.223 e. The first kappa shape index (κ1) is 15.2. The van der Waals surface area contributed by atoms with Crippen LogP contribution in [0.2, 0.25) is 0 Å². The highest BCUT2D eigenvalue weighted by Crippen LogP contribution is 2.26. The number of aryl methyl sites for hydroxylation is 1. The molecule has 0 atom stereocenters. The molecular weight excluding hydrogens is 318 g/mol. The van der Waals surface area contributed by atoms with Crippen LogP contribution in [-0.4, -0.2) is 28.7 Å². The van der Waals surface area contributed by atoms with Crippen molar-refractivity contribution in [3.63, 3.8) is 0 Å². The van der Waals surface area contributed by atoms with Gasteiger partial charge in [0, 0.05) is 22.9 Å². The van der Waals surface area contributed by atoms with Crippen LogP contribution in [0.4, 0.5) is 0 Å². The largest absolute Gasteiger partial charge is 0.330 e. The summed E-state index contributed by atoms with van der Waals surface area (Å²) in [5.41, 5.74) is 0.927. The highest BCUT2D eigenvalue weighted by molar-refractivity contribution is 9.10. The molecule has 1 aliphatic rings. The van der Waals surface area contributed by atoms with E-state index in [1.165, 1.54) is 0 Å². The number of carbonyl (C=O) groups excluding carboxylic acids is 2. The molecule has 1 aliphatic heterocycles. The van der Waals surface area contributed by atoms with Crippen LogP contribution in [-0.2, 0) is 16.0 Å². The SMILES string of the molecule is CC1(C)CCC(=O)CN1C(=O)CCc1cccc(Br)c1. The normalized spacial score (nSPS) is 18.1. The van der Waals surface area contributed by atoms with Gasteiger partial charge in [-0.2, -0.15) is 0 Å². The summed E-state index contributed by atoms with van der Waals surface area (Å²) in [5, 5.41) is 0. The van der Waals surface area contributed by atoms with E-state index in [9.17, 15) is 9.59 Å². The summed E-state index contributed by atoms with van der Waals surface area (Å²) in [7, 11) is 0. The van der Waals surface area contributed by atoms with E-state index in [0.717, 1.165) is 16.5 Å². The molecule has 108 valence electrons. The molecule has 0 saturated carbocycles. The Morgan fingerprint density at radius 1 is 1.40 bits per heavy atom. The Kier molecular flexibility index (Phi) is 4.63. The Morgan fingerprint density at radius 3 is 2.85 bits per heavy atom. The van der Waals surface area contributed by atoms with Crippen LogP contribution >= 0.6 is 15.9 Å². The number of likely N-dealkylation sites (tertiary alicyclic amines) is 1. The van der Waals surface area contributed by atoms with Crippen molar-refractivity contribution < 1.29 is 9.59 Å². The Hall–Kier alpha value is -1.16. The molecule has 4 heteroatoms. The number of benzene rings is 1. The molecule has 0 unspecified atom stereocenters. The number of ketones is 1. The van der Waals surface area contributed by atoms with Crippen molar-refractivity contribution in [1.29, 1.82) is 0 Å². The molecule has 1 aromatic rings. The van der Waals surface area contributed by atoms with Crippen molar-refractivity contribution in [2.45, 2.75) is 45.1 Å². The van der Waals surface area contributed by atoms with Gasteiger partial charge in [0.05, 0.1) is 6.54 Å². The summed E-state index contributed by atoms with van der Waals surface area (Å²) in [6, 6.07) is 7.99. The first-order valence-corrected chi connectivity index (χ1v) is 7.74. The molecule has 3 nitrogen and oxygen atoms in total. The molecule has 0 spiro atoms. The molecule has 20 heavy (non-hydrogen) atoms. The monoisotopic (exact) mass is 337 g/mol. The van der Waals surface area contributed by atoms with Gasteiger partial charge < -0.3 is 4.90 Å². The maximum absolute atomic E-state index is 12.4. The van der Waals surface area contributed by atoms with Gasteiger partial charge in [-0.3, -0.25) is 9.59 Å². The molecule has 0 bridgehead atoms. The summed E-state index contributed by atoms with van der Waals surface area (Å²) in [4.78, 5) is 25.7. The summed E-state index contributed by atoms with van der Waals surface area (Å²) in [5.74, 6) is 0.239. The highest BCUT2D eigenvalue weighted by atomic mass is 79.9. The van der Waals surface area contributed by atoms with Crippen LogP contribution in [0, 0.1) is 0 Å². The Balaban J connectivity index is 1.98. The van der Waals surface area contributed by atoms with Gasteiger partial charge in [-0.1, -0.05) is 28.1 Å². The van der Waals surface area contributed by atoms with Gasteiger partial charge in [0.1, 0.15) is 0 Å². The lowest BCUT2D eigenvalue weighted by atomic mass is 9.89. The minimum absolute atomic E-state index is 0.0722. The second-order valence-corrected chi connectivity index (χ2v) is 6.88. The summed E-state index contributed by atoms with van der Waals surface area (Å²) in [6.07, 6.45) is 2.50. The number of nitrogens with zero attached hydrogens (tertiary/aromatic N) is 1. The van der Waals surface area contributed by atoms with E-state index >= 15 is 0 Å². The van der Waals surface area contributed by atoms with Gasteiger partial charge in [0.25, 0.3) is 0 Å². The predicted octanol–water partition coefficient (Wildman–Crippen LogP) is 3.35. The number of amides is 1. The number of rotatable bonds is 3. The summed E-state index contributed by atoms with van der Waals surface area (Å²) >= 11 is 3.43. The predicted molar refractivity (Wildman–Crippen MR) is 82.5 cm³/mol. The van der Waals surface area contributed by atoms with Crippen LogP contribution < -0.4 is 0 Å². The lowest BCUT2D eigenvalue weighted by Gasteiger charge is -2.41. The second-order valence-electron chi connectivity index (χ2n) is 5.96. The molecule has 1 fully saturated rings. The zero-order valence-corrected chi connectivity index (χ0v) is 13.6. The summed E-state index contributed by atoms with van der Waals surface area (Å²) < 4.78 is 1.02. The minimum Gasteiger partial charge on any atom is -0.330 e. The lowest BCUT2D eigenvalue weighted by Crippen LogP contribution is -2.53. The van der Waals surface area contributed by atoms with Crippen LogP contribution in [0.3, 0.4) is 0 Å². The van der Waals surface area contributed by atoms with Crippen LogP contribution in [0.1, 0.15) is 38.7 Å². The fourth-order valence-corrected chi connectivity index (χ4v) is 3.00. The highest BCUT2D eigenvalue weighted by Gasteiger charge is 2.35. The Morgan fingerprint density at radius 2 is 2.15 bits per heavy atom. The first-order chi connectivity index (χ1) is 9.38. The van der Waals surface area contributed by atoms with E-state index in [2.05, 4.69) is 15.9 Å². The number of halogens is 1. The van der Waals surface area contributed by atoms with Gasteiger partial charge in [0.15, 0.2) is 5.78 Å². The van der Waals surface area contributed by atoms with Crippen molar-refractivity contribution in [2.75, 3.05) is 6.54 Å². The molecular formula is C16H20BrNO2. The van der Waals surface area contributed by atoms with Gasteiger partial charge >= 0.3 is 0 Å². The molecule has 0 N–H and O–H groups in total. The number of hydrogen-bond acceptors (Lipinski definition) is 2. The topological polar surface area (TPSA) is 37.4 Å². The van der Waals surface area contributed by atoms with E-state index < -0.39 is 0 Å². The number of Topliss-reactive ketones (excluding diaryl/α,β-unsaturated/α-hetero) is 1. The molecule has 1 saturated heterocycles. The third-order valence-corrected chi connectivity index (χ3v) is 4.39. The molecule has 1 heterocycles. The zero-order valence-electron chi connectivity index (χ0n) is 12.0. The van der Waals surface area contributed by atoms with E-state index in [0.29, 0.717) is 19.3 Å². The van der Waals surface area contributed by atoms with Gasteiger partial charge in [-0.15, -0.1) is 0 Å². The van der Waals surface area contributed by atoms with Gasteiger partial charge in [-0.05, 0) is 44.4 Å². The van der Waals surface area contributed by atoms with E-state index in [4.69, 9.17) is 0 Å². The number of piperidine rings is 1. The average Bonchev–Trinajstić information content (AvgIpc) is 2.39. The van der Waals surface area contributed by atoms with Crippen LogP contribution in [0.15, 0.2) is 28.7 Å². The molecule has 2 rings (SSSR count). The van der Waals surface area contributed by atoms with Crippen molar-refractivity contribution in [1.82, 2.24) is 4.90 Å². The van der Waals surface area contributed by atoms with E-state index in [1.54, 1.807) is 4.90 Å². The third kappa shape index (κ3) is 3.69. The van der Waals surface area contributed by atoms with E-state index in [1.807, 2.05) is 38.1 Å². The van der Waals surface area contributed by atoms with E-state index in [-0.39, 0.29) is 23.8 Å². The smallest absolute Gasteiger partial charge is 0.223 e. The van der Waals surface area contributed by atoms with Crippen molar-refractivity contribution in [3.05, 3.63) is 34.3 Å². The fourth-order valence-electron chi connectivity index (χ4n) is 2.55. The average molecular weight is 338 g/mol.